The Bertz CT molecular complexity index is 1060. The third-order valence-electron chi connectivity index (χ3n) is 5.72. The highest BCUT2D eigenvalue weighted by Gasteiger charge is 2.41. The summed E-state index contributed by atoms with van der Waals surface area (Å²) in [6, 6.07) is 38.1. The zero-order chi connectivity index (χ0) is 23.1. The monoisotopic (exact) mass is 454 g/mol. The molecule has 1 atom stereocenters. The molecule has 166 valence electrons. The minimum absolute atomic E-state index is 0.401. The minimum atomic E-state index is -0.831. The van der Waals surface area contributed by atoms with Gasteiger partial charge < -0.3 is 9.84 Å². The molecule has 4 aromatic rings. The molecule has 0 heterocycles. The van der Waals surface area contributed by atoms with Gasteiger partial charge in [0.05, 0.1) is 11.9 Å². The number of aliphatic carboxylic acids is 1. The van der Waals surface area contributed by atoms with Gasteiger partial charge >= 0.3 is 5.97 Å². The predicted octanol–water partition coefficient (Wildman–Crippen LogP) is 6.42. The average Bonchev–Trinajstić information content (AvgIpc) is 2.88. The highest BCUT2D eigenvalue weighted by Crippen LogP contribution is 2.50. The summed E-state index contributed by atoms with van der Waals surface area (Å²) in [6.45, 7) is 0. The van der Waals surface area contributed by atoms with Crippen molar-refractivity contribution in [2.24, 2.45) is 0 Å². The highest BCUT2D eigenvalue weighted by atomic mass is 32.2. The largest absolute Gasteiger partial charge is 0.497 e. The van der Waals surface area contributed by atoms with E-state index in [-0.39, 0.29) is 0 Å². The predicted molar refractivity (Wildman–Crippen MR) is 135 cm³/mol. The van der Waals surface area contributed by atoms with E-state index in [1.807, 2.05) is 78.9 Å². The van der Waals surface area contributed by atoms with Crippen molar-refractivity contribution in [1.82, 2.24) is 0 Å². The molecule has 1 unspecified atom stereocenters. The standard InChI is InChI=1S/C29H26O3S/c1-32-26-19-17-22(18-20-26)21-27(28(30)31)33-29(23-11-5-2-6-12-23,24-13-7-3-8-14-24)25-15-9-4-10-16-25/h2-20,27H,21H2,1H3,(H,30,31). The molecule has 4 rings (SSSR count). The number of thioether (sulfide) groups is 1. The number of carboxylic acids is 1. The molecule has 1 N–H and O–H groups in total. The van der Waals surface area contributed by atoms with Crippen LogP contribution in [0.25, 0.3) is 0 Å². The molecular weight excluding hydrogens is 428 g/mol. The van der Waals surface area contributed by atoms with Crippen molar-refractivity contribution >= 4 is 17.7 Å². The van der Waals surface area contributed by atoms with Crippen LogP contribution in [-0.2, 0) is 16.0 Å². The van der Waals surface area contributed by atoms with Crippen LogP contribution >= 0.6 is 11.8 Å². The van der Waals surface area contributed by atoms with Gasteiger partial charge in [-0.25, -0.2) is 0 Å². The van der Waals surface area contributed by atoms with Crippen LogP contribution < -0.4 is 4.74 Å². The fraction of sp³-hybridized carbons (Fsp3) is 0.138. The SMILES string of the molecule is COc1ccc(CC(SC(c2ccccc2)(c2ccccc2)c2ccccc2)C(=O)O)cc1. The summed E-state index contributed by atoms with van der Waals surface area (Å²) in [5, 5.41) is 9.63. The number of benzene rings is 4. The average molecular weight is 455 g/mol. The van der Waals surface area contributed by atoms with Gasteiger partial charge in [-0.15, -0.1) is 11.8 Å². The van der Waals surface area contributed by atoms with Crippen LogP contribution in [0.5, 0.6) is 5.75 Å². The molecule has 33 heavy (non-hydrogen) atoms. The van der Waals surface area contributed by atoms with Gasteiger partial charge in [-0.1, -0.05) is 103 Å². The Balaban J connectivity index is 1.85. The van der Waals surface area contributed by atoms with E-state index >= 15 is 0 Å². The van der Waals surface area contributed by atoms with Crippen LogP contribution in [-0.4, -0.2) is 23.4 Å². The van der Waals surface area contributed by atoms with Gasteiger partial charge in [0.25, 0.3) is 0 Å². The van der Waals surface area contributed by atoms with Crippen LogP contribution in [0.15, 0.2) is 115 Å². The lowest BCUT2D eigenvalue weighted by atomic mass is 9.84. The van der Waals surface area contributed by atoms with Crippen LogP contribution in [0.2, 0.25) is 0 Å². The van der Waals surface area contributed by atoms with Crippen LogP contribution in [0.3, 0.4) is 0 Å². The maximum Gasteiger partial charge on any atom is 0.317 e. The van der Waals surface area contributed by atoms with Gasteiger partial charge in [-0.05, 0) is 40.8 Å². The summed E-state index contributed by atoms with van der Waals surface area (Å²) >= 11 is 1.48. The molecular formula is C29H26O3S. The first kappa shape index (κ1) is 22.7. The second-order valence-electron chi connectivity index (χ2n) is 7.78. The summed E-state index contributed by atoms with van der Waals surface area (Å²) in [5.41, 5.74) is 4.11. The minimum Gasteiger partial charge on any atom is -0.497 e. The molecule has 0 radical (unpaired) electrons. The Morgan fingerprint density at radius 2 is 1.18 bits per heavy atom. The molecule has 4 heteroatoms. The second kappa shape index (κ2) is 10.4. The van der Waals surface area contributed by atoms with E-state index in [1.54, 1.807) is 7.11 Å². The number of hydrogen-bond acceptors (Lipinski definition) is 3. The fourth-order valence-corrected chi connectivity index (χ4v) is 5.71. The van der Waals surface area contributed by atoms with Gasteiger partial charge in [0.2, 0.25) is 0 Å². The van der Waals surface area contributed by atoms with Gasteiger partial charge in [0.1, 0.15) is 11.0 Å². The normalized spacial score (nSPS) is 12.2. The highest BCUT2D eigenvalue weighted by molar-refractivity contribution is 8.01. The molecule has 0 fully saturated rings. The summed E-state index contributed by atoms with van der Waals surface area (Å²) in [4.78, 5) is 12.6. The Morgan fingerprint density at radius 1 is 0.758 bits per heavy atom. The molecule has 4 aromatic carbocycles. The van der Waals surface area contributed by atoms with Crippen LogP contribution in [0.4, 0.5) is 0 Å². The van der Waals surface area contributed by atoms with Gasteiger partial charge in [-0.3, -0.25) is 4.79 Å². The van der Waals surface area contributed by atoms with Crippen molar-refractivity contribution in [3.05, 3.63) is 138 Å². The van der Waals surface area contributed by atoms with E-state index in [4.69, 9.17) is 4.74 Å². The number of carboxylic acid groups (broad SMARTS) is 1. The lowest BCUT2D eigenvalue weighted by Gasteiger charge is -2.37. The number of carbonyl (C=O) groups is 1. The fourth-order valence-electron chi connectivity index (χ4n) is 4.09. The first-order valence-corrected chi connectivity index (χ1v) is 11.7. The Morgan fingerprint density at radius 3 is 1.55 bits per heavy atom. The van der Waals surface area contributed by atoms with Crippen molar-refractivity contribution in [3.8, 4) is 5.75 Å². The topological polar surface area (TPSA) is 46.5 Å². The van der Waals surface area contributed by atoms with E-state index in [1.165, 1.54) is 11.8 Å². The smallest absolute Gasteiger partial charge is 0.317 e. The molecule has 0 bridgehead atoms. The van der Waals surface area contributed by atoms with Crippen LogP contribution in [0, 0.1) is 0 Å². The lowest BCUT2D eigenvalue weighted by molar-refractivity contribution is -0.136. The summed E-state index contributed by atoms with van der Waals surface area (Å²) in [5.74, 6) is -0.0755. The molecule has 3 nitrogen and oxygen atoms in total. The van der Waals surface area contributed by atoms with E-state index in [0.717, 1.165) is 28.0 Å². The molecule has 0 aromatic heterocycles. The molecule has 0 aliphatic carbocycles. The van der Waals surface area contributed by atoms with E-state index in [2.05, 4.69) is 36.4 Å². The summed E-state index contributed by atoms with van der Waals surface area (Å²) < 4.78 is 4.57. The lowest BCUT2D eigenvalue weighted by Crippen LogP contribution is -2.32. The zero-order valence-corrected chi connectivity index (χ0v) is 19.2. The molecule has 0 aliphatic rings. The van der Waals surface area contributed by atoms with Crippen molar-refractivity contribution in [1.29, 1.82) is 0 Å². The van der Waals surface area contributed by atoms with Crippen molar-refractivity contribution in [2.45, 2.75) is 16.4 Å². The molecule has 0 spiro atoms. The maximum absolute atomic E-state index is 12.6. The molecule has 0 saturated carbocycles. The number of ether oxygens (including phenoxy) is 1. The van der Waals surface area contributed by atoms with Crippen molar-refractivity contribution in [3.63, 3.8) is 0 Å². The van der Waals surface area contributed by atoms with Gasteiger partial charge in [0.15, 0.2) is 0 Å². The third kappa shape index (κ3) is 4.96. The van der Waals surface area contributed by atoms with Crippen LogP contribution in [0.1, 0.15) is 22.3 Å². The number of hydrogen-bond donors (Lipinski definition) is 1. The number of methoxy groups -OCH3 is 1. The number of rotatable bonds is 9. The van der Waals surface area contributed by atoms with Crippen molar-refractivity contribution in [2.75, 3.05) is 7.11 Å². The Hall–Kier alpha value is -3.50. The summed E-state index contributed by atoms with van der Waals surface area (Å²) in [6.07, 6.45) is 0.401. The molecule has 0 aliphatic heterocycles. The quantitative estimate of drug-likeness (QED) is 0.297. The third-order valence-corrected chi connectivity index (χ3v) is 7.43. The van der Waals surface area contributed by atoms with E-state index in [9.17, 15) is 9.90 Å². The molecule has 0 saturated heterocycles. The van der Waals surface area contributed by atoms with Gasteiger partial charge in [0, 0.05) is 0 Å². The van der Waals surface area contributed by atoms with Crippen molar-refractivity contribution < 1.29 is 14.6 Å². The first-order valence-electron chi connectivity index (χ1n) is 10.8. The van der Waals surface area contributed by atoms with E-state index in [0.29, 0.717) is 6.42 Å². The zero-order valence-electron chi connectivity index (χ0n) is 18.4. The van der Waals surface area contributed by atoms with Gasteiger partial charge in [-0.2, -0.15) is 0 Å². The first-order chi connectivity index (χ1) is 16.1. The maximum atomic E-state index is 12.6. The summed E-state index contributed by atoms with van der Waals surface area (Å²) in [7, 11) is 1.62. The second-order valence-corrected chi connectivity index (χ2v) is 9.19. The Kier molecular flexibility index (Phi) is 7.16. The Labute approximate surface area is 199 Å². The van der Waals surface area contributed by atoms with E-state index < -0.39 is 16.0 Å². The molecule has 0 amide bonds.